The van der Waals surface area contributed by atoms with Crippen LogP contribution in [0, 0.1) is 0 Å². The van der Waals surface area contributed by atoms with Gasteiger partial charge in [-0.05, 0) is 43.7 Å². The summed E-state index contributed by atoms with van der Waals surface area (Å²) in [5.74, 6) is 0. The second kappa shape index (κ2) is 7.70. The molecular formula is C20H23ClN4O. The first kappa shape index (κ1) is 18.1. The number of nitrogens with two attached hydrogens (primary N) is 1. The van der Waals surface area contributed by atoms with Crippen LogP contribution in [0.3, 0.4) is 0 Å². The molecule has 0 aliphatic carbocycles. The van der Waals surface area contributed by atoms with Crippen LogP contribution >= 0.6 is 11.6 Å². The molecule has 6 heteroatoms. The number of nitrogen functional groups attached to an aromatic ring is 1. The summed E-state index contributed by atoms with van der Waals surface area (Å²) in [6.07, 6.45) is 0.900. The predicted octanol–water partition coefficient (Wildman–Crippen LogP) is 5.10. The number of hydrogen-bond donors (Lipinski definition) is 3. The fourth-order valence-corrected chi connectivity index (χ4v) is 3.29. The van der Waals surface area contributed by atoms with Crippen molar-refractivity contribution in [2.24, 2.45) is 0 Å². The summed E-state index contributed by atoms with van der Waals surface area (Å²) in [4.78, 5) is 11.8. The average molecular weight is 371 g/mol. The molecule has 1 heterocycles. The lowest BCUT2D eigenvalue weighted by molar-refractivity contribution is 0.252. The highest BCUT2D eigenvalue weighted by Gasteiger charge is 2.16. The number of benzene rings is 2. The van der Waals surface area contributed by atoms with Crippen molar-refractivity contribution in [2.75, 3.05) is 17.6 Å². The molecule has 0 saturated heterocycles. The first-order valence-corrected chi connectivity index (χ1v) is 9.15. The Balaban J connectivity index is 1.94. The Kier molecular flexibility index (Phi) is 5.38. The number of hydrogen-bond acceptors (Lipinski definition) is 2. The standard InChI is InChI=1S/C20H23ClN4O/c1-3-11-23-20(26)24-15-8-5-13(6-9-15)19-18(22)16-12-14(21)7-10-17(16)25(19)4-2/h5-10,12H,3-4,11,22H2,1-2H3,(H2,23,24,26). The summed E-state index contributed by atoms with van der Waals surface area (Å²) in [7, 11) is 0. The molecule has 3 rings (SSSR count). The van der Waals surface area contributed by atoms with Gasteiger partial charge in [0.15, 0.2) is 0 Å². The minimum atomic E-state index is -0.198. The largest absolute Gasteiger partial charge is 0.396 e. The molecule has 0 bridgehead atoms. The van der Waals surface area contributed by atoms with E-state index in [1.165, 1.54) is 0 Å². The maximum absolute atomic E-state index is 11.8. The van der Waals surface area contributed by atoms with Crippen molar-refractivity contribution in [1.82, 2.24) is 9.88 Å². The fourth-order valence-electron chi connectivity index (χ4n) is 3.12. The SMILES string of the molecule is CCCNC(=O)Nc1ccc(-c2c(N)c3cc(Cl)ccc3n2CC)cc1. The molecule has 3 aromatic rings. The lowest BCUT2D eigenvalue weighted by Crippen LogP contribution is -2.29. The molecule has 0 fully saturated rings. The van der Waals surface area contributed by atoms with E-state index in [0.29, 0.717) is 17.3 Å². The monoisotopic (exact) mass is 370 g/mol. The van der Waals surface area contributed by atoms with Crippen LogP contribution in [0.1, 0.15) is 20.3 Å². The molecule has 0 saturated carbocycles. The molecule has 0 aliphatic rings. The van der Waals surface area contributed by atoms with E-state index < -0.39 is 0 Å². The number of nitrogens with one attached hydrogen (secondary N) is 2. The molecule has 2 amide bonds. The van der Waals surface area contributed by atoms with E-state index in [9.17, 15) is 4.79 Å². The number of aromatic nitrogens is 1. The third-order valence-electron chi connectivity index (χ3n) is 4.33. The molecule has 0 radical (unpaired) electrons. The second-order valence-electron chi connectivity index (χ2n) is 6.13. The molecule has 136 valence electrons. The molecule has 0 unspecified atom stereocenters. The third-order valence-corrected chi connectivity index (χ3v) is 4.57. The Morgan fingerprint density at radius 3 is 2.54 bits per heavy atom. The van der Waals surface area contributed by atoms with Gasteiger partial charge in [-0.2, -0.15) is 0 Å². The summed E-state index contributed by atoms with van der Waals surface area (Å²) >= 11 is 6.14. The van der Waals surface area contributed by atoms with E-state index in [4.69, 9.17) is 17.3 Å². The van der Waals surface area contributed by atoms with E-state index in [2.05, 4.69) is 22.1 Å². The number of urea groups is 1. The van der Waals surface area contributed by atoms with Crippen LogP contribution in [0.4, 0.5) is 16.2 Å². The van der Waals surface area contributed by atoms with Crippen LogP contribution in [0.2, 0.25) is 5.02 Å². The van der Waals surface area contributed by atoms with Crippen molar-refractivity contribution >= 4 is 39.9 Å². The van der Waals surface area contributed by atoms with Gasteiger partial charge in [-0.15, -0.1) is 0 Å². The van der Waals surface area contributed by atoms with Gasteiger partial charge >= 0.3 is 6.03 Å². The minimum Gasteiger partial charge on any atom is -0.396 e. The number of rotatable bonds is 5. The van der Waals surface area contributed by atoms with Crippen molar-refractivity contribution in [3.05, 3.63) is 47.5 Å². The zero-order valence-corrected chi connectivity index (χ0v) is 15.7. The molecule has 0 spiro atoms. The van der Waals surface area contributed by atoms with E-state index >= 15 is 0 Å². The lowest BCUT2D eigenvalue weighted by atomic mass is 10.1. The molecule has 2 aromatic carbocycles. The Hall–Kier alpha value is -2.66. The number of anilines is 2. The van der Waals surface area contributed by atoms with Gasteiger partial charge < -0.3 is 20.9 Å². The van der Waals surface area contributed by atoms with E-state index in [1.54, 1.807) is 0 Å². The topological polar surface area (TPSA) is 72.1 Å². The Labute approximate surface area is 158 Å². The van der Waals surface area contributed by atoms with Gasteiger partial charge in [-0.1, -0.05) is 30.7 Å². The number of amides is 2. The van der Waals surface area contributed by atoms with Crippen molar-refractivity contribution in [1.29, 1.82) is 0 Å². The van der Waals surface area contributed by atoms with Gasteiger partial charge in [-0.25, -0.2) is 4.79 Å². The van der Waals surface area contributed by atoms with Crippen molar-refractivity contribution in [3.63, 3.8) is 0 Å². The number of halogens is 1. The van der Waals surface area contributed by atoms with Gasteiger partial charge in [0.05, 0.1) is 16.9 Å². The fraction of sp³-hybridized carbons (Fsp3) is 0.250. The van der Waals surface area contributed by atoms with Crippen LogP contribution in [0.5, 0.6) is 0 Å². The quantitative estimate of drug-likeness (QED) is 0.585. The zero-order valence-electron chi connectivity index (χ0n) is 15.0. The van der Waals surface area contributed by atoms with E-state index in [1.807, 2.05) is 49.4 Å². The molecule has 0 aliphatic heterocycles. The minimum absolute atomic E-state index is 0.198. The highest BCUT2D eigenvalue weighted by atomic mass is 35.5. The van der Waals surface area contributed by atoms with E-state index in [-0.39, 0.29) is 6.03 Å². The van der Waals surface area contributed by atoms with Crippen molar-refractivity contribution in [3.8, 4) is 11.3 Å². The van der Waals surface area contributed by atoms with Crippen LogP contribution in [0.25, 0.3) is 22.2 Å². The molecule has 1 aromatic heterocycles. The Morgan fingerprint density at radius 2 is 1.88 bits per heavy atom. The van der Waals surface area contributed by atoms with Crippen molar-refractivity contribution in [2.45, 2.75) is 26.8 Å². The smallest absolute Gasteiger partial charge is 0.319 e. The molecular weight excluding hydrogens is 348 g/mol. The predicted molar refractivity (Wildman–Crippen MR) is 110 cm³/mol. The highest BCUT2D eigenvalue weighted by molar-refractivity contribution is 6.31. The number of carbonyl (C=O) groups excluding carboxylic acids is 1. The molecule has 5 nitrogen and oxygen atoms in total. The number of nitrogens with zero attached hydrogens (tertiary/aromatic N) is 1. The van der Waals surface area contributed by atoms with Crippen LogP contribution in [-0.4, -0.2) is 17.1 Å². The average Bonchev–Trinajstić information content (AvgIpc) is 2.92. The summed E-state index contributed by atoms with van der Waals surface area (Å²) in [6.45, 7) is 5.55. The van der Waals surface area contributed by atoms with Gasteiger partial charge in [0.2, 0.25) is 0 Å². The maximum atomic E-state index is 11.8. The maximum Gasteiger partial charge on any atom is 0.319 e. The molecule has 4 N–H and O–H groups in total. The first-order chi connectivity index (χ1) is 12.5. The number of aryl methyl sites for hydroxylation is 1. The van der Waals surface area contributed by atoms with Crippen molar-refractivity contribution < 1.29 is 4.79 Å². The lowest BCUT2D eigenvalue weighted by Gasteiger charge is -2.11. The molecule has 0 atom stereocenters. The second-order valence-corrected chi connectivity index (χ2v) is 6.56. The Morgan fingerprint density at radius 1 is 1.15 bits per heavy atom. The summed E-state index contributed by atoms with van der Waals surface area (Å²) in [5, 5.41) is 7.24. The summed E-state index contributed by atoms with van der Waals surface area (Å²) < 4.78 is 2.18. The van der Waals surface area contributed by atoms with Gasteiger partial charge in [0, 0.05) is 34.7 Å². The highest BCUT2D eigenvalue weighted by Crippen LogP contribution is 2.37. The summed E-state index contributed by atoms with van der Waals surface area (Å²) in [6, 6.07) is 13.3. The first-order valence-electron chi connectivity index (χ1n) is 8.77. The third kappa shape index (κ3) is 3.48. The van der Waals surface area contributed by atoms with E-state index in [0.717, 1.165) is 40.8 Å². The molecule has 26 heavy (non-hydrogen) atoms. The van der Waals surface area contributed by atoms with Gasteiger partial charge in [0.1, 0.15) is 0 Å². The normalized spacial score (nSPS) is 10.9. The van der Waals surface area contributed by atoms with Gasteiger partial charge in [-0.3, -0.25) is 0 Å². The Bertz CT molecular complexity index is 931. The van der Waals surface area contributed by atoms with Crippen LogP contribution < -0.4 is 16.4 Å². The number of fused-ring (bicyclic) bond motifs is 1. The van der Waals surface area contributed by atoms with Gasteiger partial charge in [0.25, 0.3) is 0 Å². The number of carbonyl (C=O) groups is 1. The van der Waals surface area contributed by atoms with Crippen LogP contribution in [0.15, 0.2) is 42.5 Å². The zero-order chi connectivity index (χ0) is 18.7. The summed E-state index contributed by atoms with van der Waals surface area (Å²) in [5.41, 5.74) is 10.9. The van der Waals surface area contributed by atoms with Crippen LogP contribution in [-0.2, 0) is 6.54 Å².